The van der Waals surface area contributed by atoms with E-state index in [1.807, 2.05) is 12.3 Å². The van der Waals surface area contributed by atoms with Gasteiger partial charge in [0.1, 0.15) is 0 Å². The number of carbonyl (C=O) groups excluding carboxylic acids is 1. The SMILES string of the molecule is CCc1ccc2c(C(=O)c3ncc(-c4c[nH]c5cc(C)ccc45)[nH]3)c[nH]c2c1. The Hall–Kier alpha value is -3.60. The summed E-state index contributed by atoms with van der Waals surface area (Å²) in [4.78, 5) is 27.1. The minimum absolute atomic E-state index is 0.113. The zero-order valence-electron chi connectivity index (χ0n) is 15.8. The number of nitrogens with zero attached hydrogens (tertiary/aromatic N) is 1. The first-order valence-corrected chi connectivity index (χ1v) is 9.42. The van der Waals surface area contributed by atoms with E-state index in [4.69, 9.17) is 0 Å². The lowest BCUT2D eigenvalue weighted by molar-refractivity contribution is 0.103. The molecule has 0 aliphatic carbocycles. The zero-order chi connectivity index (χ0) is 19.3. The second kappa shape index (κ2) is 6.23. The van der Waals surface area contributed by atoms with Crippen LogP contribution in [0.5, 0.6) is 0 Å². The lowest BCUT2D eigenvalue weighted by Crippen LogP contribution is -2.02. The van der Waals surface area contributed by atoms with E-state index >= 15 is 0 Å². The van der Waals surface area contributed by atoms with E-state index in [9.17, 15) is 4.79 Å². The molecule has 5 nitrogen and oxygen atoms in total. The second-order valence-electron chi connectivity index (χ2n) is 7.16. The summed E-state index contributed by atoms with van der Waals surface area (Å²) in [5.41, 5.74) is 6.95. The maximum Gasteiger partial charge on any atom is 0.230 e. The van der Waals surface area contributed by atoms with Crippen molar-refractivity contribution in [3.63, 3.8) is 0 Å². The van der Waals surface area contributed by atoms with Crippen LogP contribution >= 0.6 is 0 Å². The molecule has 3 aromatic heterocycles. The summed E-state index contributed by atoms with van der Waals surface area (Å²) >= 11 is 0. The van der Waals surface area contributed by atoms with Crippen LogP contribution in [0.2, 0.25) is 0 Å². The summed E-state index contributed by atoms with van der Waals surface area (Å²) < 4.78 is 0. The van der Waals surface area contributed by atoms with Crippen LogP contribution in [0, 0.1) is 6.92 Å². The molecule has 3 N–H and O–H groups in total. The Labute approximate surface area is 161 Å². The van der Waals surface area contributed by atoms with Crippen molar-refractivity contribution in [1.82, 2.24) is 19.9 Å². The third-order valence-electron chi connectivity index (χ3n) is 5.32. The standard InChI is InChI=1S/C23H20N4O/c1-3-14-5-7-16-18(11-25-20(16)9-14)22(28)23-26-12-21(27-23)17-10-24-19-8-13(2)4-6-15(17)19/h4-12,24-25H,3H2,1-2H3,(H,26,27). The number of fused-ring (bicyclic) bond motifs is 2. The van der Waals surface area contributed by atoms with Crippen molar-refractivity contribution < 1.29 is 4.79 Å². The molecule has 0 atom stereocenters. The Morgan fingerprint density at radius 1 is 1.00 bits per heavy atom. The molecule has 138 valence electrons. The monoisotopic (exact) mass is 368 g/mol. The van der Waals surface area contributed by atoms with Crippen LogP contribution < -0.4 is 0 Å². The quantitative estimate of drug-likeness (QED) is 0.384. The molecule has 0 fully saturated rings. The molecule has 0 aliphatic rings. The predicted octanol–water partition coefficient (Wildman–Crippen LogP) is 5.14. The number of hydrogen-bond acceptors (Lipinski definition) is 2. The van der Waals surface area contributed by atoms with Crippen molar-refractivity contribution >= 4 is 27.6 Å². The summed E-state index contributed by atoms with van der Waals surface area (Å²) in [6.45, 7) is 4.18. The topological polar surface area (TPSA) is 77.3 Å². The number of aromatic amines is 3. The summed E-state index contributed by atoms with van der Waals surface area (Å²) in [5.74, 6) is 0.231. The summed E-state index contributed by atoms with van der Waals surface area (Å²) in [6, 6.07) is 12.4. The number of aromatic nitrogens is 4. The van der Waals surface area contributed by atoms with E-state index < -0.39 is 0 Å². The molecule has 0 aliphatic heterocycles. The lowest BCUT2D eigenvalue weighted by atomic mass is 10.1. The molecule has 0 unspecified atom stereocenters. The van der Waals surface area contributed by atoms with Crippen molar-refractivity contribution in [3.05, 3.63) is 77.5 Å². The highest BCUT2D eigenvalue weighted by Gasteiger charge is 2.18. The molecule has 0 spiro atoms. The Morgan fingerprint density at radius 3 is 2.64 bits per heavy atom. The maximum absolute atomic E-state index is 13.0. The van der Waals surface area contributed by atoms with Crippen LogP contribution in [0.1, 0.15) is 34.2 Å². The minimum Gasteiger partial charge on any atom is -0.360 e. The van der Waals surface area contributed by atoms with Gasteiger partial charge < -0.3 is 15.0 Å². The number of H-pyrrole nitrogens is 3. The normalized spacial score (nSPS) is 11.5. The first-order valence-electron chi connectivity index (χ1n) is 9.42. The van der Waals surface area contributed by atoms with Gasteiger partial charge in [0.25, 0.3) is 0 Å². The third kappa shape index (κ3) is 2.55. The zero-order valence-corrected chi connectivity index (χ0v) is 15.8. The molecule has 0 saturated carbocycles. The van der Waals surface area contributed by atoms with Crippen molar-refractivity contribution in [1.29, 1.82) is 0 Å². The van der Waals surface area contributed by atoms with E-state index in [-0.39, 0.29) is 5.78 Å². The smallest absolute Gasteiger partial charge is 0.230 e. The van der Waals surface area contributed by atoms with Crippen molar-refractivity contribution in [2.24, 2.45) is 0 Å². The van der Waals surface area contributed by atoms with Gasteiger partial charge in [-0.3, -0.25) is 4.79 Å². The second-order valence-corrected chi connectivity index (χ2v) is 7.16. The molecule has 0 amide bonds. The summed E-state index contributed by atoms with van der Waals surface area (Å²) in [6.07, 6.45) is 6.40. The van der Waals surface area contributed by atoms with E-state index in [1.54, 1.807) is 12.4 Å². The molecule has 0 bridgehead atoms. The predicted molar refractivity (Wildman–Crippen MR) is 112 cm³/mol. The van der Waals surface area contributed by atoms with E-state index in [0.717, 1.165) is 39.5 Å². The molecular formula is C23H20N4O. The number of carbonyl (C=O) groups is 1. The number of nitrogens with one attached hydrogen (secondary N) is 3. The largest absolute Gasteiger partial charge is 0.360 e. The third-order valence-corrected chi connectivity index (χ3v) is 5.32. The molecule has 3 heterocycles. The molecular weight excluding hydrogens is 348 g/mol. The minimum atomic E-state index is -0.113. The number of hydrogen-bond donors (Lipinski definition) is 3. The number of imidazole rings is 1. The van der Waals surface area contributed by atoms with Crippen LogP contribution in [0.25, 0.3) is 33.1 Å². The van der Waals surface area contributed by atoms with Gasteiger partial charge in [-0.1, -0.05) is 31.2 Å². The number of aryl methyl sites for hydroxylation is 2. The fourth-order valence-electron chi connectivity index (χ4n) is 3.75. The Bertz CT molecular complexity index is 1340. The molecule has 2 aromatic carbocycles. The van der Waals surface area contributed by atoms with Crippen LogP contribution in [-0.4, -0.2) is 25.7 Å². The number of rotatable bonds is 4. The Kier molecular flexibility index (Phi) is 3.69. The Morgan fingerprint density at radius 2 is 1.79 bits per heavy atom. The average Bonchev–Trinajstić information content (AvgIpc) is 3.43. The maximum atomic E-state index is 13.0. The van der Waals surface area contributed by atoms with Gasteiger partial charge in [0.05, 0.1) is 17.5 Å². The molecule has 5 aromatic rings. The van der Waals surface area contributed by atoms with Gasteiger partial charge in [-0.15, -0.1) is 0 Å². The molecule has 0 radical (unpaired) electrons. The summed E-state index contributed by atoms with van der Waals surface area (Å²) in [7, 11) is 0. The van der Waals surface area contributed by atoms with E-state index in [1.165, 1.54) is 11.1 Å². The van der Waals surface area contributed by atoms with Gasteiger partial charge in [-0.25, -0.2) is 4.98 Å². The number of benzene rings is 2. The first kappa shape index (κ1) is 16.6. The Balaban J connectivity index is 1.53. The molecule has 0 saturated heterocycles. The van der Waals surface area contributed by atoms with Crippen LogP contribution in [0.3, 0.4) is 0 Å². The first-order chi connectivity index (χ1) is 13.6. The number of ketones is 1. The average molecular weight is 368 g/mol. The highest BCUT2D eigenvalue weighted by molar-refractivity contribution is 6.15. The van der Waals surface area contributed by atoms with Crippen molar-refractivity contribution in [2.75, 3.05) is 0 Å². The van der Waals surface area contributed by atoms with Gasteiger partial charge in [-0.05, 0) is 36.6 Å². The van der Waals surface area contributed by atoms with E-state index in [0.29, 0.717) is 11.4 Å². The fourth-order valence-corrected chi connectivity index (χ4v) is 3.75. The van der Waals surface area contributed by atoms with Gasteiger partial charge in [0.15, 0.2) is 5.82 Å². The molecule has 5 rings (SSSR count). The van der Waals surface area contributed by atoms with Gasteiger partial charge in [0, 0.05) is 39.8 Å². The molecule has 28 heavy (non-hydrogen) atoms. The summed E-state index contributed by atoms with van der Waals surface area (Å²) in [5, 5.41) is 2.02. The van der Waals surface area contributed by atoms with Crippen LogP contribution in [-0.2, 0) is 6.42 Å². The van der Waals surface area contributed by atoms with Crippen molar-refractivity contribution in [3.8, 4) is 11.3 Å². The lowest BCUT2D eigenvalue weighted by Gasteiger charge is -1.99. The highest BCUT2D eigenvalue weighted by Crippen LogP contribution is 2.29. The van der Waals surface area contributed by atoms with Gasteiger partial charge in [-0.2, -0.15) is 0 Å². The van der Waals surface area contributed by atoms with Crippen LogP contribution in [0.4, 0.5) is 0 Å². The fraction of sp³-hybridized carbons (Fsp3) is 0.130. The van der Waals surface area contributed by atoms with Crippen LogP contribution in [0.15, 0.2) is 55.0 Å². The van der Waals surface area contributed by atoms with Crippen molar-refractivity contribution in [2.45, 2.75) is 20.3 Å². The van der Waals surface area contributed by atoms with Gasteiger partial charge >= 0.3 is 0 Å². The van der Waals surface area contributed by atoms with Gasteiger partial charge in [0.2, 0.25) is 5.78 Å². The van der Waals surface area contributed by atoms with E-state index in [2.05, 4.69) is 64.1 Å². The highest BCUT2D eigenvalue weighted by atomic mass is 16.1. The molecule has 5 heteroatoms.